The summed E-state index contributed by atoms with van der Waals surface area (Å²) in [6, 6.07) is 0.658. The minimum atomic E-state index is -0.412. The van der Waals surface area contributed by atoms with Gasteiger partial charge in [-0.25, -0.2) is 0 Å². The normalized spacial score (nSPS) is 23.4. The summed E-state index contributed by atoms with van der Waals surface area (Å²) in [6.07, 6.45) is 3.54. The fraction of sp³-hybridized carbons (Fsp3) is 0.733. The SMILES string of the molecule is CCN1CCC[C@@H]1CN1CCc2c(c(C(N)=O)nn2C)C1. The van der Waals surface area contributed by atoms with Crippen LogP contribution in [0.5, 0.6) is 0 Å². The number of likely N-dealkylation sites (tertiary alicyclic amines) is 1. The summed E-state index contributed by atoms with van der Waals surface area (Å²) in [5.41, 5.74) is 8.12. The zero-order chi connectivity index (χ0) is 15.0. The second kappa shape index (κ2) is 5.77. The van der Waals surface area contributed by atoms with Crippen LogP contribution in [0.15, 0.2) is 0 Å². The maximum atomic E-state index is 11.6. The van der Waals surface area contributed by atoms with Crippen LogP contribution in [0.1, 0.15) is 41.5 Å². The van der Waals surface area contributed by atoms with Gasteiger partial charge in [0.2, 0.25) is 0 Å². The molecule has 2 N–H and O–H groups in total. The number of carbonyl (C=O) groups is 1. The van der Waals surface area contributed by atoms with E-state index in [1.807, 2.05) is 11.7 Å². The molecule has 0 aliphatic carbocycles. The Bertz CT molecular complexity index is 538. The van der Waals surface area contributed by atoms with Gasteiger partial charge in [0.1, 0.15) is 0 Å². The smallest absolute Gasteiger partial charge is 0.269 e. The number of rotatable bonds is 4. The number of primary amides is 1. The van der Waals surface area contributed by atoms with Gasteiger partial charge >= 0.3 is 0 Å². The number of nitrogens with zero attached hydrogens (tertiary/aromatic N) is 4. The van der Waals surface area contributed by atoms with Crippen molar-refractivity contribution in [2.24, 2.45) is 12.8 Å². The van der Waals surface area contributed by atoms with Crippen molar-refractivity contribution in [3.8, 4) is 0 Å². The Hall–Kier alpha value is -1.40. The molecule has 21 heavy (non-hydrogen) atoms. The maximum Gasteiger partial charge on any atom is 0.269 e. The first kappa shape index (κ1) is 14.5. The van der Waals surface area contributed by atoms with Gasteiger partial charge in [-0.05, 0) is 25.9 Å². The Morgan fingerprint density at radius 3 is 2.95 bits per heavy atom. The third kappa shape index (κ3) is 2.70. The number of aromatic nitrogens is 2. The molecule has 0 bridgehead atoms. The zero-order valence-electron chi connectivity index (χ0n) is 13.0. The number of amides is 1. The molecule has 0 saturated carbocycles. The molecular weight excluding hydrogens is 266 g/mol. The van der Waals surface area contributed by atoms with Crippen molar-refractivity contribution in [2.45, 2.75) is 38.8 Å². The molecule has 0 spiro atoms. The second-order valence-corrected chi connectivity index (χ2v) is 6.17. The van der Waals surface area contributed by atoms with Crippen molar-refractivity contribution in [3.05, 3.63) is 17.0 Å². The number of hydrogen-bond acceptors (Lipinski definition) is 4. The second-order valence-electron chi connectivity index (χ2n) is 6.17. The lowest BCUT2D eigenvalue weighted by Crippen LogP contribution is -2.42. The largest absolute Gasteiger partial charge is 0.364 e. The number of likely N-dealkylation sites (N-methyl/N-ethyl adjacent to an activating group) is 1. The van der Waals surface area contributed by atoms with E-state index in [1.54, 1.807) is 0 Å². The molecular formula is C15H25N5O. The van der Waals surface area contributed by atoms with Crippen LogP contribution >= 0.6 is 0 Å². The highest BCUT2D eigenvalue weighted by atomic mass is 16.1. The van der Waals surface area contributed by atoms with Gasteiger partial charge in [0, 0.05) is 50.4 Å². The molecule has 1 fully saturated rings. The first-order valence-corrected chi connectivity index (χ1v) is 7.91. The van der Waals surface area contributed by atoms with Gasteiger partial charge in [0.25, 0.3) is 5.91 Å². The molecule has 1 aromatic heterocycles. The molecule has 2 aliphatic rings. The molecule has 3 heterocycles. The minimum Gasteiger partial charge on any atom is -0.364 e. The molecule has 1 amide bonds. The summed E-state index contributed by atoms with van der Waals surface area (Å²) < 4.78 is 1.82. The third-order valence-electron chi connectivity index (χ3n) is 4.93. The molecule has 1 atom stereocenters. The predicted molar refractivity (Wildman–Crippen MR) is 81.0 cm³/mol. The average molecular weight is 291 g/mol. The van der Waals surface area contributed by atoms with E-state index >= 15 is 0 Å². The molecule has 2 aliphatic heterocycles. The van der Waals surface area contributed by atoms with Crippen molar-refractivity contribution < 1.29 is 4.79 Å². The number of fused-ring (bicyclic) bond motifs is 1. The van der Waals surface area contributed by atoms with Crippen LogP contribution in [0.25, 0.3) is 0 Å². The molecule has 0 radical (unpaired) electrons. The fourth-order valence-corrected chi connectivity index (χ4v) is 3.82. The maximum absolute atomic E-state index is 11.6. The first-order valence-electron chi connectivity index (χ1n) is 7.91. The molecule has 6 heteroatoms. The third-order valence-corrected chi connectivity index (χ3v) is 4.93. The van der Waals surface area contributed by atoms with E-state index in [9.17, 15) is 4.79 Å². The topological polar surface area (TPSA) is 67.4 Å². The van der Waals surface area contributed by atoms with Crippen molar-refractivity contribution in [1.29, 1.82) is 0 Å². The van der Waals surface area contributed by atoms with Crippen LogP contribution in [-0.2, 0) is 20.0 Å². The number of carbonyl (C=O) groups excluding carboxylic acids is 1. The average Bonchev–Trinajstić information content (AvgIpc) is 3.03. The van der Waals surface area contributed by atoms with Gasteiger partial charge < -0.3 is 5.73 Å². The quantitative estimate of drug-likeness (QED) is 0.870. The van der Waals surface area contributed by atoms with Crippen LogP contribution in [0.2, 0.25) is 0 Å². The molecule has 1 saturated heterocycles. The molecule has 3 rings (SSSR count). The molecule has 0 aromatic carbocycles. The Balaban J connectivity index is 1.73. The van der Waals surface area contributed by atoms with Gasteiger partial charge in [0.05, 0.1) is 0 Å². The minimum absolute atomic E-state index is 0.412. The van der Waals surface area contributed by atoms with Gasteiger partial charge in [-0.15, -0.1) is 0 Å². The Morgan fingerprint density at radius 2 is 2.24 bits per heavy atom. The lowest BCUT2D eigenvalue weighted by Gasteiger charge is -2.32. The van der Waals surface area contributed by atoms with Crippen LogP contribution in [-0.4, -0.2) is 57.7 Å². The zero-order valence-corrected chi connectivity index (χ0v) is 13.0. The standard InChI is InChI=1S/C15H25N5O/c1-3-20-7-4-5-11(20)9-19-8-6-13-12(10-19)14(15(16)21)17-18(13)2/h11H,3-10H2,1-2H3,(H2,16,21)/t11-/m1/s1. The number of hydrogen-bond donors (Lipinski definition) is 1. The monoisotopic (exact) mass is 291 g/mol. The first-order chi connectivity index (χ1) is 10.1. The predicted octanol–water partition coefficient (Wildman–Crippen LogP) is 0.361. The summed E-state index contributed by atoms with van der Waals surface area (Å²) in [7, 11) is 1.90. The highest BCUT2D eigenvalue weighted by Crippen LogP contribution is 2.24. The van der Waals surface area contributed by atoms with Gasteiger partial charge in [-0.3, -0.25) is 19.3 Å². The summed E-state index contributed by atoms with van der Waals surface area (Å²) in [5, 5.41) is 4.29. The number of nitrogens with two attached hydrogens (primary N) is 1. The summed E-state index contributed by atoms with van der Waals surface area (Å²) in [4.78, 5) is 16.6. The highest BCUT2D eigenvalue weighted by Gasteiger charge is 2.30. The Labute approximate surface area is 125 Å². The summed E-state index contributed by atoms with van der Waals surface area (Å²) >= 11 is 0. The van der Waals surface area contributed by atoms with Gasteiger partial charge in [0.15, 0.2) is 5.69 Å². The van der Waals surface area contributed by atoms with E-state index < -0.39 is 5.91 Å². The van der Waals surface area contributed by atoms with E-state index in [0.717, 1.165) is 38.2 Å². The lowest BCUT2D eigenvalue weighted by atomic mass is 10.0. The van der Waals surface area contributed by atoms with Crippen LogP contribution in [0.4, 0.5) is 0 Å². The van der Waals surface area contributed by atoms with Crippen molar-refractivity contribution in [3.63, 3.8) is 0 Å². The van der Waals surface area contributed by atoms with Crippen LogP contribution < -0.4 is 5.73 Å². The fourth-order valence-electron chi connectivity index (χ4n) is 3.82. The lowest BCUT2D eigenvalue weighted by molar-refractivity contribution is 0.0992. The van der Waals surface area contributed by atoms with E-state index in [-0.39, 0.29) is 0 Å². The molecule has 0 unspecified atom stereocenters. The van der Waals surface area contributed by atoms with Crippen molar-refractivity contribution in [1.82, 2.24) is 19.6 Å². The molecule has 1 aromatic rings. The van der Waals surface area contributed by atoms with E-state index in [0.29, 0.717) is 11.7 Å². The van der Waals surface area contributed by atoms with Crippen molar-refractivity contribution >= 4 is 5.91 Å². The van der Waals surface area contributed by atoms with Crippen LogP contribution in [0, 0.1) is 0 Å². The van der Waals surface area contributed by atoms with Gasteiger partial charge in [-0.1, -0.05) is 6.92 Å². The Morgan fingerprint density at radius 1 is 1.43 bits per heavy atom. The molecule has 116 valence electrons. The van der Waals surface area contributed by atoms with Crippen molar-refractivity contribution in [2.75, 3.05) is 26.2 Å². The highest BCUT2D eigenvalue weighted by molar-refractivity contribution is 5.92. The van der Waals surface area contributed by atoms with E-state index in [2.05, 4.69) is 21.8 Å². The van der Waals surface area contributed by atoms with E-state index in [4.69, 9.17) is 5.73 Å². The number of aryl methyl sites for hydroxylation is 1. The van der Waals surface area contributed by atoms with Crippen LogP contribution in [0.3, 0.4) is 0 Å². The Kier molecular flexibility index (Phi) is 3.99. The summed E-state index contributed by atoms with van der Waals surface area (Å²) in [5.74, 6) is -0.412. The van der Waals surface area contributed by atoms with Gasteiger partial charge in [-0.2, -0.15) is 5.10 Å². The molecule has 6 nitrogen and oxygen atoms in total. The summed E-state index contributed by atoms with van der Waals surface area (Å²) in [6.45, 7) is 7.51. The van der Waals surface area contributed by atoms with E-state index in [1.165, 1.54) is 25.1 Å².